The summed E-state index contributed by atoms with van der Waals surface area (Å²) in [6, 6.07) is 0.0674. The van der Waals surface area contributed by atoms with Crippen LogP contribution in [-0.4, -0.2) is 19.1 Å². The summed E-state index contributed by atoms with van der Waals surface area (Å²) in [6.07, 6.45) is 4.90. The van der Waals surface area contributed by atoms with Gasteiger partial charge in [-0.15, -0.1) is 0 Å². The number of carbonyl (C=O) groups excluding carboxylic acids is 1. The predicted molar refractivity (Wildman–Crippen MR) is 48.9 cm³/mol. The summed E-state index contributed by atoms with van der Waals surface area (Å²) in [5.41, 5.74) is 5.95. The molecule has 3 heteroatoms. The van der Waals surface area contributed by atoms with E-state index in [2.05, 4.69) is 0 Å². The molecule has 4 atom stereocenters. The molecule has 0 bridgehead atoms. The number of hydrogen-bond donors (Lipinski definition) is 1. The van der Waals surface area contributed by atoms with Crippen LogP contribution < -0.4 is 5.73 Å². The SMILES string of the molecule is COC(=O)C1C(N)C2CCCCC21. The van der Waals surface area contributed by atoms with E-state index in [1.807, 2.05) is 0 Å². The van der Waals surface area contributed by atoms with Crippen molar-refractivity contribution in [3.63, 3.8) is 0 Å². The molecule has 0 amide bonds. The van der Waals surface area contributed by atoms with E-state index in [0.717, 1.165) is 6.42 Å². The second-order valence-corrected chi connectivity index (χ2v) is 4.24. The van der Waals surface area contributed by atoms with Gasteiger partial charge in [-0.2, -0.15) is 0 Å². The highest BCUT2D eigenvalue weighted by Crippen LogP contribution is 2.48. The lowest BCUT2D eigenvalue weighted by molar-refractivity contribution is -0.159. The maximum absolute atomic E-state index is 11.4. The molecular weight excluding hydrogens is 166 g/mol. The van der Waals surface area contributed by atoms with Crippen molar-refractivity contribution in [2.75, 3.05) is 7.11 Å². The summed E-state index contributed by atoms with van der Waals surface area (Å²) in [4.78, 5) is 11.4. The molecule has 0 aliphatic heterocycles. The first-order chi connectivity index (χ1) is 6.25. The van der Waals surface area contributed by atoms with Crippen molar-refractivity contribution >= 4 is 5.97 Å². The lowest BCUT2D eigenvalue weighted by Crippen LogP contribution is -2.60. The van der Waals surface area contributed by atoms with Crippen LogP contribution in [0.15, 0.2) is 0 Å². The van der Waals surface area contributed by atoms with Crippen LogP contribution in [0, 0.1) is 17.8 Å². The number of ether oxygens (including phenoxy) is 1. The van der Waals surface area contributed by atoms with Gasteiger partial charge in [0.15, 0.2) is 0 Å². The third-order valence-electron chi connectivity index (χ3n) is 3.72. The van der Waals surface area contributed by atoms with Crippen LogP contribution in [0.5, 0.6) is 0 Å². The summed E-state index contributed by atoms with van der Waals surface area (Å²) in [7, 11) is 1.45. The van der Waals surface area contributed by atoms with Crippen LogP contribution in [-0.2, 0) is 9.53 Å². The molecular formula is C10H17NO2. The van der Waals surface area contributed by atoms with Crippen LogP contribution >= 0.6 is 0 Å². The molecule has 13 heavy (non-hydrogen) atoms. The van der Waals surface area contributed by atoms with Gasteiger partial charge in [-0.25, -0.2) is 0 Å². The molecule has 0 aromatic heterocycles. The number of fused-ring (bicyclic) bond motifs is 1. The van der Waals surface area contributed by atoms with E-state index >= 15 is 0 Å². The first-order valence-electron chi connectivity index (χ1n) is 5.09. The summed E-state index contributed by atoms with van der Waals surface area (Å²) in [5.74, 6) is 1.01. The molecule has 3 nitrogen and oxygen atoms in total. The first kappa shape index (κ1) is 9.00. The van der Waals surface area contributed by atoms with Gasteiger partial charge in [0.2, 0.25) is 0 Å². The van der Waals surface area contributed by atoms with Crippen molar-refractivity contribution in [2.24, 2.45) is 23.5 Å². The number of carbonyl (C=O) groups is 1. The fourth-order valence-corrected chi connectivity index (χ4v) is 2.99. The second-order valence-electron chi connectivity index (χ2n) is 4.24. The van der Waals surface area contributed by atoms with Gasteiger partial charge in [0.1, 0.15) is 0 Å². The molecule has 0 radical (unpaired) electrons. The zero-order valence-corrected chi connectivity index (χ0v) is 8.03. The Labute approximate surface area is 78.6 Å². The Bertz CT molecular complexity index is 217. The van der Waals surface area contributed by atoms with Crippen LogP contribution in [0.3, 0.4) is 0 Å². The number of esters is 1. The Kier molecular flexibility index (Phi) is 2.28. The smallest absolute Gasteiger partial charge is 0.310 e. The van der Waals surface area contributed by atoms with Crippen molar-refractivity contribution in [1.82, 2.24) is 0 Å². The summed E-state index contributed by atoms with van der Waals surface area (Å²) < 4.78 is 4.75. The van der Waals surface area contributed by atoms with Crippen LogP contribution in [0.4, 0.5) is 0 Å². The quantitative estimate of drug-likeness (QED) is 0.615. The minimum absolute atomic E-state index is 0.00435. The average Bonchev–Trinajstić information content (AvgIpc) is 2.17. The van der Waals surface area contributed by atoms with Crippen LogP contribution in [0.1, 0.15) is 25.7 Å². The third-order valence-corrected chi connectivity index (χ3v) is 3.72. The normalized spacial score (nSPS) is 43.2. The molecule has 2 aliphatic rings. The number of hydrogen-bond acceptors (Lipinski definition) is 3. The van der Waals surface area contributed by atoms with Gasteiger partial charge >= 0.3 is 5.97 Å². The van der Waals surface area contributed by atoms with Crippen molar-refractivity contribution in [2.45, 2.75) is 31.7 Å². The van der Waals surface area contributed by atoms with Gasteiger partial charge in [0, 0.05) is 6.04 Å². The van der Waals surface area contributed by atoms with E-state index in [1.165, 1.54) is 26.4 Å². The Hall–Kier alpha value is -0.570. The minimum atomic E-state index is -0.101. The summed E-state index contributed by atoms with van der Waals surface area (Å²) in [6.45, 7) is 0. The molecule has 0 heterocycles. The van der Waals surface area contributed by atoms with Gasteiger partial charge < -0.3 is 10.5 Å². The van der Waals surface area contributed by atoms with Crippen LogP contribution in [0.2, 0.25) is 0 Å². The van der Waals surface area contributed by atoms with E-state index in [9.17, 15) is 4.79 Å². The molecule has 0 spiro atoms. The summed E-state index contributed by atoms with van der Waals surface area (Å²) >= 11 is 0. The Balaban J connectivity index is 2.02. The van der Waals surface area contributed by atoms with Crippen molar-refractivity contribution in [1.29, 1.82) is 0 Å². The standard InChI is InChI=1S/C10H17NO2/c1-13-10(12)8-6-4-2-3-5-7(6)9(8)11/h6-9H,2-5,11H2,1H3. The predicted octanol–water partition coefficient (Wildman–Crippen LogP) is 0.923. The molecule has 2 aliphatic carbocycles. The topological polar surface area (TPSA) is 52.3 Å². The molecule has 2 fully saturated rings. The molecule has 0 aromatic carbocycles. The summed E-state index contributed by atoms with van der Waals surface area (Å²) in [5, 5.41) is 0. The van der Waals surface area contributed by atoms with E-state index in [4.69, 9.17) is 10.5 Å². The average molecular weight is 183 g/mol. The molecule has 4 unspecified atom stereocenters. The molecule has 2 rings (SSSR count). The maximum Gasteiger partial charge on any atom is 0.310 e. The third kappa shape index (κ3) is 1.26. The minimum Gasteiger partial charge on any atom is -0.469 e. The van der Waals surface area contributed by atoms with Gasteiger partial charge in [-0.1, -0.05) is 12.8 Å². The van der Waals surface area contributed by atoms with E-state index in [-0.39, 0.29) is 17.9 Å². The van der Waals surface area contributed by atoms with Gasteiger partial charge in [0.25, 0.3) is 0 Å². The van der Waals surface area contributed by atoms with E-state index in [1.54, 1.807) is 0 Å². The van der Waals surface area contributed by atoms with Gasteiger partial charge in [-0.3, -0.25) is 4.79 Å². The lowest BCUT2D eigenvalue weighted by atomic mass is 9.55. The molecule has 2 N–H and O–H groups in total. The fraction of sp³-hybridized carbons (Fsp3) is 0.900. The monoisotopic (exact) mass is 183 g/mol. The molecule has 0 saturated heterocycles. The largest absolute Gasteiger partial charge is 0.469 e. The van der Waals surface area contributed by atoms with Crippen molar-refractivity contribution in [3.05, 3.63) is 0 Å². The van der Waals surface area contributed by atoms with Gasteiger partial charge in [0.05, 0.1) is 13.0 Å². The van der Waals surface area contributed by atoms with E-state index < -0.39 is 0 Å². The zero-order valence-electron chi connectivity index (χ0n) is 8.03. The van der Waals surface area contributed by atoms with Crippen LogP contribution in [0.25, 0.3) is 0 Å². The highest BCUT2D eigenvalue weighted by molar-refractivity contribution is 5.75. The van der Waals surface area contributed by atoms with Crippen molar-refractivity contribution < 1.29 is 9.53 Å². The highest BCUT2D eigenvalue weighted by Gasteiger charge is 2.52. The maximum atomic E-state index is 11.4. The Morgan fingerprint density at radius 3 is 2.54 bits per heavy atom. The number of methoxy groups -OCH3 is 1. The Morgan fingerprint density at radius 2 is 1.92 bits per heavy atom. The van der Waals surface area contributed by atoms with Crippen molar-refractivity contribution in [3.8, 4) is 0 Å². The number of rotatable bonds is 1. The fourth-order valence-electron chi connectivity index (χ4n) is 2.99. The second kappa shape index (κ2) is 3.29. The molecule has 2 saturated carbocycles. The lowest BCUT2D eigenvalue weighted by Gasteiger charge is -2.51. The van der Waals surface area contributed by atoms with E-state index in [0.29, 0.717) is 11.8 Å². The van der Waals surface area contributed by atoms with Gasteiger partial charge in [-0.05, 0) is 24.7 Å². The molecule has 0 aromatic rings. The number of nitrogens with two attached hydrogens (primary N) is 1. The molecule has 74 valence electrons. The zero-order chi connectivity index (χ0) is 9.42. The highest BCUT2D eigenvalue weighted by atomic mass is 16.5. The Morgan fingerprint density at radius 1 is 1.31 bits per heavy atom. The first-order valence-corrected chi connectivity index (χ1v) is 5.09.